The topological polar surface area (TPSA) is 50.9 Å². The highest BCUT2D eigenvalue weighted by atomic mass is 19.1. The van der Waals surface area contributed by atoms with Crippen molar-refractivity contribution in [3.8, 4) is 0 Å². The summed E-state index contributed by atoms with van der Waals surface area (Å²) in [5, 5.41) is 3.10. The Balaban J connectivity index is 2.05. The molecule has 0 aliphatic heterocycles. The largest absolute Gasteiger partial charge is 0.397 e. The van der Waals surface area contributed by atoms with E-state index in [4.69, 9.17) is 5.73 Å². The molecule has 1 heterocycles. The maximum Gasteiger partial charge on any atom is 0.125 e. The van der Waals surface area contributed by atoms with Crippen molar-refractivity contribution in [2.45, 2.75) is 6.54 Å². The molecular weight excluding hydrogens is 205 g/mol. The molecule has 0 radical (unpaired) electrons. The van der Waals surface area contributed by atoms with E-state index in [9.17, 15) is 4.39 Å². The number of rotatable bonds is 3. The molecule has 0 saturated heterocycles. The van der Waals surface area contributed by atoms with E-state index in [0.717, 1.165) is 5.69 Å². The first kappa shape index (κ1) is 10.4. The SMILES string of the molecule is Nc1cc(F)ccc1NCc1ccccn1. The molecule has 0 fully saturated rings. The standard InChI is InChI=1S/C12H12FN3/c13-9-4-5-12(11(14)7-9)16-8-10-3-1-2-6-15-10/h1-7,16H,8,14H2. The van der Waals surface area contributed by atoms with Crippen molar-refractivity contribution in [2.75, 3.05) is 11.1 Å². The highest BCUT2D eigenvalue weighted by Gasteiger charge is 2.00. The van der Waals surface area contributed by atoms with E-state index in [2.05, 4.69) is 10.3 Å². The van der Waals surface area contributed by atoms with E-state index < -0.39 is 0 Å². The van der Waals surface area contributed by atoms with Crippen LogP contribution in [0.1, 0.15) is 5.69 Å². The normalized spacial score (nSPS) is 10.1. The summed E-state index contributed by atoms with van der Waals surface area (Å²) in [6.45, 7) is 0.566. The minimum absolute atomic E-state index is 0.333. The molecule has 0 saturated carbocycles. The minimum Gasteiger partial charge on any atom is -0.397 e. The van der Waals surface area contributed by atoms with Crippen molar-refractivity contribution in [1.82, 2.24) is 4.98 Å². The van der Waals surface area contributed by atoms with E-state index in [-0.39, 0.29) is 5.82 Å². The second-order valence-corrected chi connectivity index (χ2v) is 3.41. The van der Waals surface area contributed by atoms with E-state index in [0.29, 0.717) is 17.9 Å². The molecule has 82 valence electrons. The molecule has 4 heteroatoms. The second kappa shape index (κ2) is 4.61. The van der Waals surface area contributed by atoms with Crippen molar-refractivity contribution in [2.24, 2.45) is 0 Å². The van der Waals surface area contributed by atoms with Crippen LogP contribution in [0.2, 0.25) is 0 Å². The molecule has 2 rings (SSSR count). The summed E-state index contributed by atoms with van der Waals surface area (Å²) in [7, 11) is 0. The molecule has 3 nitrogen and oxygen atoms in total. The Kier molecular flexibility index (Phi) is 3.00. The van der Waals surface area contributed by atoms with Gasteiger partial charge in [0, 0.05) is 6.20 Å². The first-order chi connectivity index (χ1) is 7.75. The van der Waals surface area contributed by atoms with Crippen LogP contribution in [0.4, 0.5) is 15.8 Å². The summed E-state index contributed by atoms with van der Waals surface area (Å²) in [6, 6.07) is 9.96. The van der Waals surface area contributed by atoms with Gasteiger partial charge in [-0.2, -0.15) is 0 Å². The summed E-state index contributed by atoms with van der Waals surface area (Å²) in [6.07, 6.45) is 1.73. The van der Waals surface area contributed by atoms with Gasteiger partial charge in [0.05, 0.1) is 23.6 Å². The quantitative estimate of drug-likeness (QED) is 0.776. The van der Waals surface area contributed by atoms with Crippen LogP contribution in [-0.2, 0) is 6.54 Å². The summed E-state index contributed by atoms with van der Waals surface area (Å²) in [5.74, 6) is -0.333. The number of nitrogens with zero attached hydrogens (tertiary/aromatic N) is 1. The fourth-order valence-electron chi connectivity index (χ4n) is 1.38. The van der Waals surface area contributed by atoms with Crippen molar-refractivity contribution in [3.63, 3.8) is 0 Å². The Morgan fingerprint density at radius 1 is 1.25 bits per heavy atom. The number of hydrogen-bond donors (Lipinski definition) is 2. The highest BCUT2D eigenvalue weighted by Crippen LogP contribution is 2.19. The Hall–Kier alpha value is -2.10. The number of anilines is 2. The number of halogens is 1. The third-order valence-corrected chi connectivity index (χ3v) is 2.20. The van der Waals surface area contributed by atoms with Crippen LogP contribution >= 0.6 is 0 Å². The van der Waals surface area contributed by atoms with Crippen LogP contribution in [0.15, 0.2) is 42.6 Å². The molecule has 3 N–H and O–H groups in total. The Morgan fingerprint density at radius 3 is 2.81 bits per heavy atom. The maximum absolute atomic E-state index is 12.8. The maximum atomic E-state index is 12.8. The fraction of sp³-hybridized carbons (Fsp3) is 0.0833. The molecule has 0 amide bonds. The lowest BCUT2D eigenvalue weighted by atomic mass is 10.2. The third kappa shape index (κ3) is 2.48. The average Bonchev–Trinajstić information content (AvgIpc) is 2.29. The van der Waals surface area contributed by atoms with Crippen molar-refractivity contribution >= 4 is 11.4 Å². The van der Waals surface area contributed by atoms with Gasteiger partial charge in [-0.25, -0.2) is 4.39 Å². The molecule has 0 unspecified atom stereocenters. The fourth-order valence-corrected chi connectivity index (χ4v) is 1.38. The number of hydrogen-bond acceptors (Lipinski definition) is 3. The van der Waals surface area contributed by atoms with E-state index >= 15 is 0 Å². The lowest BCUT2D eigenvalue weighted by Crippen LogP contribution is -2.03. The molecule has 1 aromatic carbocycles. The van der Waals surface area contributed by atoms with Crippen LogP contribution in [0.3, 0.4) is 0 Å². The number of benzene rings is 1. The zero-order valence-electron chi connectivity index (χ0n) is 8.65. The molecule has 16 heavy (non-hydrogen) atoms. The zero-order chi connectivity index (χ0) is 11.4. The van der Waals surface area contributed by atoms with Crippen LogP contribution in [0.5, 0.6) is 0 Å². The molecule has 1 aromatic heterocycles. The highest BCUT2D eigenvalue weighted by molar-refractivity contribution is 5.65. The Bertz CT molecular complexity index is 471. The van der Waals surface area contributed by atoms with Crippen molar-refractivity contribution < 1.29 is 4.39 Å². The number of nitrogens with one attached hydrogen (secondary N) is 1. The van der Waals surface area contributed by atoms with Gasteiger partial charge < -0.3 is 11.1 Å². The summed E-state index contributed by atoms with van der Waals surface area (Å²) in [5.41, 5.74) is 7.69. The minimum atomic E-state index is -0.333. The van der Waals surface area contributed by atoms with E-state index in [1.54, 1.807) is 12.3 Å². The smallest absolute Gasteiger partial charge is 0.125 e. The van der Waals surface area contributed by atoms with Crippen molar-refractivity contribution in [1.29, 1.82) is 0 Å². The molecule has 2 aromatic rings. The molecule has 0 atom stereocenters. The molecule has 0 aliphatic carbocycles. The molecule has 0 aliphatic rings. The average molecular weight is 217 g/mol. The van der Waals surface area contributed by atoms with Crippen LogP contribution in [0.25, 0.3) is 0 Å². The first-order valence-corrected chi connectivity index (χ1v) is 4.94. The van der Waals surface area contributed by atoms with Crippen molar-refractivity contribution in [3.05, 3.63) is 54.1 Å². The van der Waals surface area contributed by atoms with E-state index in [1.165, 1.54) is 12.1 Å². The molecule has 0 spiro atoms. The van der Waals surface area contributed by atoms with Gasteiger partial charge in [0.15, 0.2) is 0 Å². The molecular formula is C12H12FN3. The Morgan fingerprint density at radius 2 is 2.12 bits per heavy atom. The lowest BCUT2D eigenvalue weighted by molar-refractivity contribution is 0.628. The van der Waals surface area contributed by atoms with Gasteiger partial charge in [-0.3, -0.25) is 4.98 Å². The third-order valence-electron chi connectivity index (χ3n) is 2.20. The number of pyridine rings is 1. The van der Waals surface area contributed by atoms with Gasteiger partial charge in [-0.05, 0) is 30.3 Å². The summed E-state index contributed by atoms with van der Waals surface area (Å²) >= 11 is 0. The van der Waals surface area contributed by atoms with Gasteiger partial charge in [0.25, 0.3) is 0 Å². The summed E-state index contributed by atoms with van der Waals surface area (Å²) in [4.78, 5) is 4.16. The van der Waals surface area contributed by atoms with Crippen LogP contribution in [-0.4, -0.2) is 4.98 Å². The number of nitrogen functional groups attached to an aromatic ring is 1. The van der Waals surface area contributed by atoms with Gasteiger partial charge in [0.2, 0.25) is 0 Å². The van der Waals surface area contributed by atoms with Gasteiger partial charge in [0.1, 0.15) is 5.82 Å². The zero-order valence-corrected chi connectivity index (χ0v) is 8.65. The molecule has 0 bridgehead atoms. The lowest BCUT2D eigenvalue weighted by Gasteiger charge is -2.08. The predicted molar refractivity (Wildman–Crippen MR) is 62.4 cm³/mol. The van der Waals surface area contributed by atoms with Gasteiger partial charge in [-0.15, -0.1) is 0 Å². The first-order valence-electron chi connectivity index (χ1n) is 4.94. The number of aromatic nitrogens is 1. The van der Waals surface area contributed by atoms with Gasteiger partial charge >= 0.3 is 0 Å². The second-order valence-electron chi connectivity index (χ2n) is 3.41. The monoisotopic (exact) mass is 217 g/mol. The van der Waals surface area contributed by atoms with Gasteiger partial charge in [-0.1, -0.05) is 6.07 Å². The Labute approximate surface area is 93.1 Å². The van der Waals surface area contributed by atoms with Crippen LogP contribution < -0.4 is 11.1 Å². The predicted octanol–water partition coefficient (Wildman–Crippen LogP) is 2.42. The summed E-state index contributed by atoms with van der Waals surface area (Å²) < 4.78 is 12.8. The van der Waals surface area contributed by atoms with Crippen LogP contribution in [0, 0.1) is 5.82 Å². The van der Waals surface area contributed by atoms with E-state index in [1.807, 2.05) is 18.2 Å². The number of nitrogens with two attached hydrogens (primary N) is 1.